The van der Waals surface area contributed by atoms with Gasteiger partial charge in [0.1, 0.15) is 22.3 Å². The number of para-hydroxylation sites is 3. The Labute approximate surface area is 504 Å². The summed E-state index contributed by atoms with van der Waals surface area (Å²) in [5.41, 5.74) is 23.2. The first-order valence-electron chi connectivity index (χ1n) is 29.4. The molecule has 2 aliphatic rings. The first-order valence-corrected chi connectivity index (χ1v) is 30.3. The number of hydrogen-bond acceptors (Lipinski definition) is 6. The van der Waals surface area contributed by atoms with Gasteiger partial charge in [0.25, 0.3) is 0 Å². The van der Waals surface area contributed by atoms with Crippen molar-refractivity contribution in [1.29, 1.82) is 10.5 Å². The third-order valence-electron chi connectivity index (χ3n) is 18.4. The van der Waals surface area contributed by atoms with Crippen LogP contribution in [0.2, 0.25) is 0 Å². The molecule has 0 atom stereocenters. The molecular formula is C78H48BN5O2S. The molecule has 0 N–H and O–H groups in total. The number of benzene rings is 12. The van der Waals surface area contributed by atoms with E-state index in [1.54, 1.807) is 0 Å². The summed E-state index contributed by atoms with van der Waals surface area (Å²) in [4.78, 5) is 4.94. The Hall–Kier alpha value is -11.0. The summed E-state index contributed by atoms with van der Waals surface area (Å²) >= 11 is 1.86. The van der Waals surface area contributed by atoms with E-state index in [0.29, 0.717) is 11.1 Å². The Kier molecular flexibility index (Phi) is 10.4. The van der Waals surface area contributed by atoms with Crippen molar-refractivity contribution < 1.29 is 8.83 Å². The number of nitrogens with zero attached hydrogens (tertiary/aromatic N) is 5. The van der Waals surface area contributed by atoms with Gasteiger partial charge in [-0.25, -0.2) is 0 Å². The summed E-state index contributed by atoms with van der Waals surface area (Å²) in [6.07, 6.45) is 0. The molecule has 7 nitrogen and oxygen atoms in total. The standard InChI is InChI=1S/C78H48BN5O2S/c1-78(2,3)50-24-31-64(56(40-50)47-13-5-4-6-14-47)84-67-41-51(82-65-29-21-45(43-80)35-57(65)58-36-46(44-81)22-30-66(58)82)25-27-60(67)79-61-28-26-52(83-62-18-10-7-15-53(62)54-16-8-11-19-63(54)83)42-73(61)87-74-39-49(38-68(84)77(74)79)48-23-32-70-59(37-48)76-72(86-70)34-33-71-75(76)55-17-9-12-20-69(55)85-71/h4-42H,1-3H3. The maximum absolute atomic E-state index is 10.2. The summed E-state index contributed by atoms with van der Waals surface area (Å²) < 4.78 is 17.9. The lowest BCUT2D eigenvalue weighted by atomic mass is 9.35. The SMILES string of the molecule is CC(C)(C)c1ccc(N2c3cc(-n4c5ccc(C#N)cc5c5cc(C#N)ccc54)ccc3B3c4ccc(-n5c6ccccc6c6ccccc65)cc4Sc4cc(-c5ccc6oc7ccc8oc9ccccc9c8c7c6c5)cc2c43)c(-c2ccccc2)c1. The van der Waals surface area contributed by atoms with E-state index in [0.717, 1.165) is 116 Å². The highest BCUT2D eigenvalue weighted by atomic mass is 32.2. The lowest BCUT2D eigenvalue weighted by Crippen LogP contribution is -2.59. The molecule has 406 valence electrons. The maximum Gasteiger partial charge on any atom is 0.249 e. The molecule has 0 spiro atoms. The van der Waals surface area contributed by atoms with E-state index in [1.807, 2.05) is 72.4 Å². The Morgan fingerprint density at radius 1 is 0.402 bits per heavy atom. The van der Waals surface area contributed by atoms with Crippen molar-refractivity contribution in [3.8, 4) is 45.8 Å². The fourth-order valence-electron chi connectivity index (χ4n) is 14.4. The topological polar surface area (TPSA) is 87.0 Å². The Morgan fingerprint density at radius 2 is 0.989 bits per heavy atom. The number of nitriles is 2. The molecule has 16 aromatic rings. The van der Waals surface area contributed by atoms with Gasteiger partial charge in [-0.05, 0) is 166 Å². The van der Waals surface area contributed by atoms with E-state index in [4.69, 9.17) is 8.83 Å². The molecule has 0 bridgehead atoms. The summed E-state index contributed by atoms with van der Waals surface area (Å²) in [5.74, 6) is 0. The third kappa shape index (κ3) is 7.25. The average Bonchev–Trinajstić information content (AvgIpc) is 1.04. The molecule has 4 aromatic heterocycles. The first-order chi connectivity index (χ1) is 42.6. The third-order valence-corrected chi connectivity index (χ3v) is 19.5. The highest BCUT2D eigenvalue weighted by Crippen LogP contribution is 2.50. The summed E-state index contributed by atoms with van der Waals surface area (Å²) in [6, 6.07) is 89.9. The minimum Gasteiger partial charge on any atom is -0.456 e. The van der Waals surface area contributed by atoms with E-state index in [9.17, 15) is 10.5 Å². The molecule has 0 saturated heterocycles. The summed E-state index contributed by atoms with van der Waals surface area (Å²) in [5, 5.41) is 28.9. The van der Waals surface area contributed by atoms with Gasteiger partial charge < -0.3 is 22.9 Å². The van der Waals surface area contributed by atoms with Gasteiger partial charge in [0.15, 0.2) is 0 Å². The van der Waals surface area contributed by atoms with Crippen molar-refractivity contribution in [2.24, 2.45) is 0 Å². The Bertz CT molecular complexity index is 5660. The van der Waals surface area contributed by atoms with Gasteiger partial charge in [-0.2, -0.15) is 10.5 Å². The first kappa shape index (κ1) is 49.5. The van der Waals surface area contributed by atoms with Crippen LogP contribution in [0.5, 0.6) is 0 Å². The largest absolute Gasteiger partial charge is 0.456 e. The molecule has 0 radical (unpaired) electrons. The van der Waals surface area contributed by atoms with Crippen molar-refractivity contribution in [2.45, 2.75) is 36.0 Å². The van der Waals surface area contributed by atoms with Gasteiger partial charge >= 0.3 is 0 Å². The normalized spacial score (nSPS) is 12.9. The van der Waals surface area contributed by atoms with Crippen molar-refractivity contribution in [3.05, 3.63) is 253 Å². The van der Waals surface area contributed by atoms with Gasteiger partial charge in [-0.3, -0.25) is 0 Å². The van der Waals surface area contributed by atoms with E-state index in [-0.39, 0.29) is 12.1 Å². The molecule has 0 amide bonds. The number of anilines is 3. The molecule has 0 unspecified atom stereocenters. The van der Waals surface area contributed by atoms with Crippen LogP contribution >= 0.6 is 11.8 Å². The van der Waals surface area contributed by atoms with Crippen LogP contribution < -0.4 is 21.3 Å². The second-order valence-electron chi connectivity index (χ2n) is 24.2. The predicted octanol–water partition coefficient (Wildman–Crippen LogP) is 18.8. The van der Waals surface area contributed by atoms with E-state index >= 15 is 0 Å². The summed E-state index contributed by atoms with van der Waals surface area (Å²) in [7, 11) is 0. The van der Waals surface area contributed by atoms with Crippen LogP contribution in [-0.2, 0) is 5.41 Å². The average molecular weight is 1130 g/mol. The van der Waals surface area contributed by atoms with Gasteiger partial charge in [0, 0.05) is 81.2 Å². The molecule has 12 aromatic carbocycles. The molecule has 0 saturated carbocycles. The molecule has 9 heteroatoms. The lowest BCUT2D eigenvalue weighted by Gasteiger charge is -2.41. The van der Waals surface area contributed by atoms with E-state index in [2.05, 4.69) is 223 Å². The molecule has 6 heterocycles. The van der Waals surface area contributed by atoms with Crippen LogP contribution in [0.15, 0.2) is 255 Å². The summed E-state index contributed by atoms with van der Waals surface area (Å²) in [6.45, 7) is 6.71. The Morgan fingerprint density at radius 3 is 1.67 bits per heavy atom. The van der Waals surface area contributed by atoms with Crippen LogP contribution in [0.3, 0.4) is 0 Å². The second-order valence-corrected chi connectivity index (χ2v) is 25.3. The molecular weight excluding hydrogens is 1080 g/mol. The molecule has 0 aliphatic carbocycles. The zero-order chi connectivity index (χ0) is 58.0. The predicted molar refractivity (Wildman–Crippen MR) is 359 cm³/mol. The molecule has 87 heavy (non-hydrogen) atoms. The highest BCUT2D eigenvalue weighted by Gasteiger charge is 2.42. The number of rotatable bonds is 5. The molecule has 2 aliphatic heterocycles. The Balaban J connectivity index is 0.938. The number of hydrogen-bond donors (Lipinski definition) is 0. The van der Waals surface area contributed by atoms with Crippen LogP contribution in [0, 0.1) is 22.7 Å². The van der Waals surface area contributed by atoms with Crippen molar-refractivity contribution >= 4 is 139 Å². The fraction of sp³-hybridized carbons (Fsp3) is 0.0513. The van der Waals surface area contributed by atoms with Gasteiger partial charge in [-0.1, -0.05) is 147 Å². The smallest absolute Gasteiger partial charge is 0.249 e. The van der Waals surface area contributed by atoms with Crippen molar-refractivity contribution in [1.82, 2.24) is 9.13 Å². The number of furan rings is 2. The highest BCUT2D eigenvalue weighted by molar-refractivity contribution is 8.00. The van der Waals surface area contributed by atoms with Crippen molar-refractivity contribution in [2.75, 3.05) is 4.90 Å². The van der Waals surface area contributed by atoms with E-state index in [1.165, 1.54) is 53.5 Å². The quantitative estimate of drug-likeness (QED) is 0.160. The number of fused-ring (bicyclic) bond motifs is 17. The van der Waals surface area contributed by atoms with Crippen LogP contribution in [0.1, 0.15) is 37.5 Å². The van der Waals surface area contributed by atoms with Gasteiger partial charge in [-0.15, -0.1) is 0 Å². The zero-order valence-corrected chi connectivity index (χ0v) is 48.4. The second kappa shape index (κ2) is 18.3. The molecule has 18 rings (SSSR count). The minimum atomic E-state index is -0.153. The minimum absolute atomic E-state index is 0.130. The lowest BCUT2D eigenvalue weighted by molar-refractivity contribution is 0.590. The van der Waals surface area contributed by atoms with Gasteiger partial charge in [0.05, 0.1) is 51.0 Å². The van der Waals surface area contributed by atoms with Gasteiger partial charge in [0.2, 0.25) is 6.71 Å². The zero-order valence-electron chi connectivity index (χ0n) is 47.6. The van der Waals surface area contributed by atoms with Crippen molar-refractivity contribution in [3.63, 3.8) is 0 Å². The van der Waals surface area contributed by atoms with E-state index < -0.39 is 0 Å². The van der Waals surface area contributed by atoms with Crippen LogP contribution in [0.4, 0.5) is 17.1 Å². The van der Waals surface area contributed by atoms with Crippen LogP contribution in [0.25, 0.3) is 121 Å². The maximum atomic E-state index is 10.2. The fourth-order valence-corrected chi connectivity index (χ4v) is 15.6. The van der Waals surface area contributed by atoms with Crippen LogP contribution in [-0.4, -0.2) is 15.8 Å². The monoisotopic (exact) mass is 1130 g/mol. The molecule has 0 fully saturated rings. The number of aromatic nitrogens is 2.